The van der Waals surface area contributed by atoms with E-state index in [1.54, 1.807) is 0 Å². The van der Waals surface area contributed by atoms with Gasteiger partial charge in [-0.25, -0.2) is 0 Å². The van der Waals surface area contributed by atoms with Crippen LogP contribution in [0.4, 0.5) is 0 Å². The van der Waals surface area contributed by atoms with E-state index in [9.17, 15) is 4.79 Å². The third kappa shape index (κ3) is 2.83. The Kier molecular flexibility index (Phi) is 4.26. The molecule has 4 unspecified atom stereocenters. The Hall–Kier alpha value is -1.08. The van der Waals surface area contributed by atoms with Crippen molar-refractivity contribution in [3.8, 4) is 6.07 Å². The Balaban J connectivity index is 1.58. The zero-order valence-electron chi connectivity index (χ0n) is 12.1. The number of nitriles is 1. The molecule has 20 heavy (non-hydrogen) atoms. The van der Waals surface area contributed by atoms with Crippen LogP contribution in [0.25, 0.3) is 0 Å². The molecule has 0 N–H and O–H groups in total. The predicted molar refractivity (Wildman–Crippen MR) is 74.7 cm³/mol. The van der Waals surface area contributed by atoms with Gasteiger partial charge in [0.25, 0.3) is 0 Å². The summed E-state index contributed by atoms with van der Waals surface area (Å²) in [7, 11) is 0. The van der Waals surface area contributed by atoms with Gasteiger partial charge < -0.3 is 9.64 Å². The minimum Gasteiger partial charge on any atom is -0.360 e. The van der Waals surface area contributed by atoms with Crippen molar-refractivity contribution < 1.29 is 9.53 Å². The van der Waals surface area contributed by atoms with Gasteiger partial charge in [-0.1, -0.05) is 25.7 Å². The second kappa shape index (κ2) is 6.13. The Morgan fingerprint density at radius 1 is 1.15 bits per heavy atom. The first-order valence-electron chi connectivity index (χ1n) is 8.08. The van der Waals surface area contributed by atoms with Crippen molar-refractivity contribution in [1.29, 1.82) is 5.26 Å². The second-order valence-electron chi connectivity index (χ2n) is 6.59. The smallest absolute Gasteiger partial charge is 0.225 e. The molecule has 1 saturated heterocycles. The average Bonchev–Trinajstić information content (AvgIpc) is 2.53. The van der Waals surface area contributed by atoms with Crippen molar-refractivity contribution >= 4 is 5.91 Å². The molecule has 2 saturated carbocycles. The molecule has 1 heterocycles. The van der Waals surface area contributed by atoms with Crippen LogP contribution in [0.2, 0.25) is 0 Å². The van der Waals surface area contributed by atoms with Crippen LogP contribution in [0.15, 0.2) is 0 Å². The fourth-order valence-electron chi connectivity index (χ4n) is 4.28. The number of nitrogens with zero attached hydrogens (tertiary/aromatic N) is 2. The van der Waals surface area contributed by atoms with E-state index in [4.69, 9.17) is 10.00 Å². The van der Waals surface area contributed by atoms with E-state index in [1.807, 2.05) is 4.90 Å². The van der Waals surface area contributed by atoms with E-state index >= 15 is 0 Å². The number of carbonyl (C=O) groups is 1. The van der Waals surface area contributed by atoms with Crippen molar-refractivity contribution in [3.63, 3.8) is 0 Å². The summed E-state index contributed by atoms with van der Waals surface area (Å²) in [6, 6.07) is 2.12. The molecule has 0 aromatic heterocycles. The van der Waals surface area contributed by atoms with Crippen LogP contribution in [-0.2, 0) is 9.53 Å². The molecule has 3 fully saturated rings. The number of hydrogen-bond donors (Lipinski definition) is 0. The Morgan fingerprint density at radius 3 is 2.75 bits per heavy atom. The highest BCUT2D eigenvalue weighted by Crippen LogP contribution is 2.43. The Bertz CT molecular complexity index is 404. The maximum Gasteiger partial charge on any atom is 0.225 e. The van der Waals surface area contributed by atoms with Crippen molar-refractivity contribution in [2.45, 2.75) is 51.0 Å². The minimum atomic E-state index is -0.432. The van der Waals surface area contributed by atoms with Gasteiger partial charge in [-0.2, -0.15) is 5.26 Å². The number of ether oxygens (including phenoxy) is 1. The van der Waals surface area contributed by atoms with Crippen LogP contribution < -0.4 is 0 Å². The van der Waals surface area contributed by atoms with Gasteiger partial charge in [-0.3, -0.25) is 4.79 Å². The summed E-state index contributed by atoms with van der Waals surface area (Å²) >= 11 is 0. The van der Waals surface area contributed by atoms with E-state index < -0.39 is 6.10 Å². The fourth-order valence-corrected chi connectivity index (χ4v) is 4.28. The number of carbonyl (C=O) groups excluding carboxylic acids is 1. The minimum absolute atomic E-state index is 0.201. The summed E-state index contributed by atoms with van der Waals surface area (Å²) in [5.41, 5.74) is 0. The summed E-state index contributed by atoms with van der Waals surface area (Å²) in [6.07, 6.45) is 8.35. The lowest BCUT2D eigenvalue weighted by atomic mass is 9.67. The molecule has 4 heteroatoms. The zero-order valence-corrected chi connectivity index (χ0v) is 12.1. The van der Waals surface area contributed by atoms with Gasteiger partial charge >= 0.3 is 0 Å². The Labute approximate surface area is 121 Å². The molecule has 0 aromatic rings. The molecule has 0 radical (unpaired) electrons. The molecular formula is C16H24N2O2. The number of morpholine rings is 1. The van der Waals surface area contributed by atoms with E-state index in [-0.39, 0.29) is 11.8 Å². The van der Waals surface area contributed by atoms with Crippen LogP contribution >= 0.6 is 0 Å². The van der Waals surface area contributed by atoms with Crippen LogP contribution in [-0.4, -0.2) is 36.6 Å². The average molecular weight is 276 g/mol. The SMILES string of the molecule is N#CC1CN(C(=O)C2CCC3CCCCC3C2)CCO1. The number of hydrogen-bond acceptors (Lipinski definition) is 3. The number of rotatable bonds is 1. The lowest BCUT2D eigenvalue weighted by Crippen LogP contribution is -2.48. The summed E-state index contributed by atoms with van der Waals surface area (Å²) in [6.45, 7) is 1.62. The third-order valence-corrected chi connectivity index (χ3v) is 5.41. The van der Waals surface area contributed by atoms with Crippen molar-refractivity contribution in [3.05, 3.63) is 0 Å². The molecule has 1 amide bonds. The number of fused-ring (bicyclic) bond motifs is 1. The topological polar surface area (TPSA) is 53.3 Å². The quantitative estimate of drug-likeness (QED) is 0.738. The molecule has 1 aliphatic heterocycles. The summed E-state index contributed by atoms with van der Waals surface area (Å²) < 4.78 is 5.33. The predicted octanol–water partition coefficient (Wildman–Crippen LogP) is 2.34. The van der Waals surface area contributed by atoms with Gasteiger partial charge in [0.15, 0.2) is 6.10 Å². The van der Waals surface area contributed by atoms with Gasteiger partial charge in [-0.15, -0.1) is 0 Å². The van der Waals surface area contributed by atoms with Crippen molar-refractivity contribution in [2.24, 2.45) is 17.8 Å². The van der Waals surface area contributed by atoms with Gasteiger partial charge in [0, 0.05) is 12.5 Å². The van der Waals surface area contributed by atoms with E-state index in [2.05, 4.69) is 6.07 Å². The maximum absolute atomic E-state index is 12.7. The third-order valence-electron chi connectivity index (χ3n) is 5.41. The first kappa shape index (κ1) is 13.9. The van der Waals surface area contributed by atoms with Gasteiger partial charge in [0.05, 0.1) is 19.2 Å². The van der Waals surface area contributed by atoms with Crippen molar-refractivity contribution in [1.82, 2.24) is 4.90 Å². The summed E-state index contributed by atoms with van der Waals surface area (Å²) in [5.74, 6) is 2.13. The van der Waals surface area contributed by atoms with E-state index in [0.29, 0.717) is 19.7 Å². The first-order valence-corrected chi connectivity index (χ1v) is 8.08. The molecule has 0 aromatic carbocycles. The van der Waals surface area contributed by atoms with Crippen molar-refractivity contribution in [2.75, 3.05) is 19.7 Å². The van der Waals surface area contributed by atoms with Gasteiger partial charge in [0.2, 0.25) is 5.91 Å². The first-order chi connectivity index (χ1) is 9.78. The Morgan fingerprint density at radius 2 is 1.95 bits per heavy atom. The summed E-state index contributed by atoms with van der Waals surface area (Å²) in [5, 5.41) is 8.94. The monoisotopic (exact) mass is 276 g/mol. The number of amides is 1. The standard InChI is InChI=1S/C16H24N2O2/c17-10-15-11-18(7-8-20-15)16(19)14-6-5-12-3-1-2-4-13(12)9-14/h12-15H,1-9,11H2. The molecule has 2 aliphatic carbocycles. The highest BCUT2D eigenvalue weighted by Gasteiger charge is 2.37. The van der Waals surface area contributed by atoms with E-state index in [1.165, 1.54) is 32.1 Å². The second-order valence-corrected chi connectivity index (χ2v) is 6.59. The highest BCUT2D eigenvalue weighted by molar-refractivity contribution is 5.79. The normalized spacial score (nSPS) is 37.9. The van der Waals surface area contributed by atoms with E-state index in [0.717, 1.165) is 24.7 Å². The molecule has 0 bridgehead atoms. The molecule has 4 atom stereocenters. The largest absolute Gasteiger partial charge is 0.360 e. The summed E-state index contributed by atoms with van der Waals surface area (Å²) in [4.78, 5) is 14.5. The lowest BCUT2D eigenvalue weighted by Gasteiger charge is -2.41. The van der Waals surface area contributed by atoms with Crippen LogP contribution in [0.1, 0.15) is 44.9 Å². The molecular weight excluding hydrogens is 252 g/mol. The van der Waals surface area contributed by atoms with Crippen LogP contribution in [0, 0.1) is 29.1 Å². The fraction of sp³-hybridized carbons (Fsp3) is 0.875. The molecule has 4 nitrogen and oxygen atoms in total. The van der Waals surface area contributed by atoms with Crippen LogP contribution in [0.3, 0.4) is 0 Å². The highest BCUT2D eigenvalue weighted by atomic mass is 16.5. The molecule has 0 spiro atoms. The zero-order chi connectivity index (χ0) is 13.9. The molecule has 110 valence electrons. The maximum atomic E-state index is 12.7. The van der Waals surface area contributed by atoms with Gasteiger partial charge in [0.1, 0.15) is 0 Å². The molecule has 3 aliphatic rings. The molecule has 3 rings (SSSR count). The lowest BCUT2D eigenvalue weighted by molar-refractivity contribution is -0.143. The van der Waals surface area contributed by atoms with Crippen LogP contribution in [0.5, 0.6) is 0 Å². The van der Waals surface area contributed by atoms with Gasteiger partial charge in [-0.05, 0) is 31.1 Å².